The topological polar surface area (TPSA) is 39.2 Å². The van der Waals surface area contributed by atoms with E-state index in [0.717, 1.165) is 18.3 Å². The van der Waals surface area contributed by atoms with Gasteiger partial charge < -0.3 is 4.74 Å². The molecule has 2 aromatic rings. The van der Waals surface area contributed by atoms with Crippen molar-refractivity contribution < 1.29 is 22.7 Å². The summed E-state index contributed by atoms with van der Waals surface area (Å²) in [4.78, 5) is 13.9. The van der Waals surface area contributed by atoms with Crippen molar-refractivity contribution in [3.8, 4) is 11.5 Å². The summed E-state index contributed by atoms with van der Waals surface area (Å²) in [5.74, 6) is -0.861. The van der Waals surface area contributed by atoms with E-state index in [1.807, 2.05) is 0 Å². The smallest absolute Gasteiger partial charge is 0.280 e. The van der Waals surface area contributed by atoms with Crippen molar-refractivity contribution >= 4 is 6.29 Å². The molecule has 0 bridgehead atoms. The molecule has 19 heavy (non-hydrogen) atoms. The van der Waals surface area contributed by atoms with E-state index in [-0.39, 0.29) is 17.1 Å². The molecule has 1 heterocycles. The Morgan fingerprint density at radius 2 is 2.00 bits per heavy atom. The van der Waals surface area contributed by atoms with Crippen LogP contribution in [0.5, 0.6) is 11.5 Å². The van der Waals surface area contributed by atoms with E-state index in [9.17, 15) is 18.0 Å². The molecule has 0 fully saturated rings. The number of alkyl halides is 2. The Balaban J connectivity index is 2.26. The second-order valence-electron chi connectivity index (χ2n) is 3.63. The van der Waals surface area contributed by atoms with Crippen molar-refractivity contribution in [2.24, 2.45) is 0 Å². The van der Waals surface area contributed by atoms with Gasteiger partial charge in [0.15, 0.2) is 11.6 Å². The molecule has 0 radical (unpaired) electrons. The van der Waals surface area contributed by atoms with E-state index in [0.29, 0.717) is 6.29 Å². The first kappa shape index (κ1) is 13.1. The summed E-state index contributed by atoms with van der Waals surface area (Å²) in [5.41, 5.74) is -0.296. The number of halogens is 3. The quantitative estimate of drug-likeness (QED) is 0.792. The molecule has 3 nitrogen and oxygen atoms in total. The number of carbonyl (C=O) groups excluding carboxylic acids is 1. The molecule has 0 aliphatic rings. The van der Waals surface area contributed by atoms with Crippen molar-refractivity contribution in [2.45, 2.75) is 6.43 Å². The van der Waals surface area contributed by atoms with Crippen LogP contribution in [0.4, 0.5) is 13.2 Å². The standard InChI is InChI=1S/C13H8F3NO2/c14-10-5-8(7-18)1-2-12(10)19-9-3-4-17-11(6-9)13(15)16/h1-7,13H. The molecule has 0 atom stereocenters. The molecule has 6 heteroatoms. The summed E-state index contributed by atoms with van der Waals surface area (Å²) < 4.78 is 43.5. The van der Waals surface area contributed by atoms with Gasteiger partial charge in [0.25, 0.3) is 6.43 Å². The van der Waals surface area contributed by atoms with Gasteiger partial charge in [-0.1, -0.05) is 0 Å². The van der Waals surface area contributed by atoms with E-state index in [2.05, 4.69) is 4.98 Å². The van der Waals surface area contributed by atoms with Crippen molar-refractivity contribution in [1.82, 2.24) is 4.98 Å². The molecule has 1 aromatic heterocycles. The van der Waals surface area contributed by atoms with Crippen LogP contribution in [0.15, 0.2) is 36.5 Å². The summed E-state index contributed by atoms with van der Waals surface area (Å²) in [6.07, 6.45) is -1.09. The summed E-state index contributed by atoms with van der Waals surface area (Å²) in [6.45, 7) is 0. The first-order valence-electron chi connectivity index (χ1n) is 5.27. The molecule has 0 N–H and O–H groups in total. The Labute approximate surface area is 106 Å². The second-order valence-corrected chi connectivity index (χ2v) is 3.63. The minimum Gasteiger partial charge on any atom is -0.454 e. The first-order valence-corrected chi connectivity index (χ1v) is 5.27. The van der Waals surface area contributed by atoms with Crippen molar-refractivity contribution in [3.05, 3.63) is 53.6 Å². The van der Waals surface area contributed by atoms with Gasteiger partial charge >= 0.3 is 0 Å². The summed E-state index contributed by atoms with van der Waals surface area (Å²) in [5, 5.41) is 0. The van der Waals surface area contributed by atoms with Crippen LogP contribution in [0.2, 0.25) is 0 Å². The third kappa shape index (κ3) is 3.09. The van der Waals surface area contributed by atoms with Gasteiger partial charge in [-0.05, 0) is 24.3 Å². The largest absolute Gasteiger partial charge is 0.454 e. The minimum atomic E-state index is -2.73. The molecule has 1 aromatic carbocycles. The van der Waals surface area contributed by atoms with Gasteiger partial charge in [-0.25, -0.2) is 13.2 Å². The van der Waals surface area contributed by atoms with Crippen molar-refractivity contribution in [3.63, 3.8) is 0 Å². The maximum absolute atomic E-state index is 13.5. The van der Waals surface area contributed by atoms with Gasteiger partial charge in [-0.2, -0.15) is 0 Å². The lowest BCUT2D eigenvalue weighted by molar-refractivity contribution is 0.112. The predicted molar refractivity (Wildman–Crippen MR) is 61.1 cm³/mol. The third-order valence-corrected chi connectivity index (χ3v) is 2.30. The average molecular weight is 267 g/mol. The average Bonchev–Trinajstić information content (AvgIpc) is 2.41. The molecule has 0 saturated carbocycles. The van der Waals surface area contributed by atoms with Gasteiger partial charge in [0, 0.05) is 17.8 Å². The van der Waals surface area contributed by atoms with Gasteiger partial charge in [-0.3, -0.25) is 9.78 Å². The fraction of sp³-hybridized carbons (Fsp3) is 0.0769. The molecule has 98 valence electrons. The normalized spacial score (nSPS) is 10.5. The molecule has 2 rings (SSSR count). The number of hydrogen-bond donors (Lipinski definition) is 0. The lowest BCUT2D eigenvalue weighted by Crippen LogP contribution is -1.93. The highest BCUT2D eigenvalue weighted by molar-refractivity contribution is 5.75. The Hall–Kier alpha value is -2.37. The van der Waals surface area contributed by atoms with Gasteiger partial charge in [0.05, 0.1) is 0 Å². The zero-order valence-electron chi connectivity index (χ0n) is 9.52. The number of nitrogens with zero attached hydrogens (tertiary/aromatic N) is 1. The molecule has 0 saturated heterocycles. The van der Waals surface area contributed by atoms with Crippen LogP contribution in [-0.2, 0) is 0 Å². The molecular formula is C13H8F3NO2. The minimum absolute atomic E-state index is 0.0445. The van der Waals surface area contributed by atoms with Crippen LogP contribution < -0.4 is 4.74 Å². The zero-order valence-corrected chi connectivity index (χ0v) is 9.52. The molecule has 0 unspecified atom stereocenters. The Bertz CT molecular complexity index is 602. The van der Waals surface area contributed by atoms with E-state index in [1.54, 1.807) is 0 Å². The Kier molecular flexibility index (Phi) is 3.79. The molecule has 0 aliphatic heterocycles. The fourth-order valence-electron chi connectivity index (χ4n) is 1.41. The lowest BCUT2D eigenvalue weighted by Gasteiger charge is -2.08. The summed E-state index contributed by atoms with van der Waals surface area (Å²) in [6, 6.07) is 5.97. The zero-order chi connectivity index (χ0) is 13.8. The lowest BCUT2D eigenvalue weighted by atomic mass is 10.2. The van der Waals surface area contributed by atoms with Crippen LogP contribution in [0, 0.1) is 5.82 Å². The summed E-state index contributed by atoms with van der Waals surface area (Å²) >= 11 is 0. The second kappa shape index (κ2) is 5.51. The van der Waals surface area contributed by atoms with Crippen molar-refractivity contribution in [2.75, 3.05) is 0 Å². The number of benzene rings is 1. The Morgan fingerprint density at radius 3 is 2.63 bits per heavy atom. The van der Waals surface area contributed by atoms with Gasteiger partial charge in [0.1, 0.15) is 17.7 Å². The van der Waals surface area contributed by atoms with Crippen LogP contribution >= 0.6 is 0 Å². The highest BCUT2D eigenvalue weighted by atomic mass is 19.3. The van der Waals surface area contributed by atoms with Crippen LogP contribution in [0.1, 0.15) is 22.5 Å². The predicted octanol–water partition coefficient (Wildman–Crippen LogP) is 3.76. The number of pyridine rings is 1. The number of carbonyl (C=O) groups is 1. The monoisotopic (exact) mass is 267 g/mol. The van der Waals surface area contributed by atoms with Crippen LogP contribution in [0.25, 0.3) is 0 Å². The van der Waals surface area contributed by atoms with Gasteiger partial charge in [-0.15, -0.1) is 0 Å². The first-order chi connectivity index (χ1) is 9.10. The maximum Gasteiger partial charge on any atom is 0.280 e. The summed E-state index contributed by atoms with van der Waals surface area (Å²) in [7, 11) is 0. The number of rotatable bonds is 4. The van der Waals surface area contributed by atoms with E-state index in [1.165, 1.54) is 18.2 Å². The molecule has 0 aliphatic carbocycles. The SMILES string of the molecule is O=Cc1ccc(Oc2ccnc(C(F)F)c2)c(F)c1. The van der Waals surface area contributed by atoms with E-state index < -0.39 is 17.9 Å². The third-order valence-electron chi connectivity index (χ3n) is 2.30. The number of hydrogen-bond acceptors (Lipinski definition) is 3. The maximum atomic E-state index is 13.5. The number of aldehydes is 1. The van der Waals surface area contributed by atoms with Gasteiger partial charge in [0.2, 0.25) is 0 Å². The molecule has 0 spiro atoms. The highest BCUT2D eigenvalue weighted by Gasteiger charge is 2.11. The Morgan fingerprint density at radius 1 is 1.21 bits per heavy atom. The molecule has 0 amide bonds. The molecular weight excluding hydrogens is 259 g/mol. The van der Waals surface area contributed by atoms with E-state index in [4.69, 9.17) is 4.74 Å². The van der Waals surface area contributed by atoms with Crippen molar-refractivity contribution in [1.29, 1.82) is 0 Å². The van der Waals surface area contributed by atoms with E-state index >= 15 is 0 Å². The van der Waals surface area contributed by atoms with Crippen LogP contribution in [0.3, 0.4) is 0 Å². The number of ether oxygens (including phenoxy) is 1. The fourth-order valence-corrected chi connectivity index (χ4v) is 1.41. The number of aromatic nitrogens is 1. The highest BCUT2D eigenvalue weighted by Crippen LogP contribution is 2.27. The van der Waals surface area contributed by atoms with Crippen LogP contribution in [-0.4, -0.2) is 11.3 Å².